The summed E-state index contributed by atoms with van der Waals surface area (Å²) in [6, 6.07) is 23.8. The molecule has 0 N–H and O–H groups in total. The van der Waals surface area contributed by atoms with Gasteiger partial charge in [0.1, 0.15) is 11.3 Å². The van der Waals surface area contributed by atoms with Crippen LogP contribution in [0, 0.1) is 0 Å². The summed E-state index contributed by atoms with van der Waals surface area (Å²) >= 11 is 8.22. The minimum absolute atomic E-state index is 0.739. The Kier molecular flexibility index (Phi) is 5.01. The zero-order valence-corrected chi connectivity index (χ0v) is 17.2. The minimum atomic E-state index is 0.739. The molecule has 2 nitrogen and oxygen atoms in total. The number of hydrogen-bond donors (Lipinski definition) is 0. The van der Waals surface area contributed by atoms with Gasteiger partial charge in [0.2, 0.25) is 0 Å². The fourth-order valence-electron chi connectivity index (χ4n) is 3.56. The maximum Gasteiger partial charge on any atom is 0.153 e. The topological polar surface area (TPSA) is 22.1 Å². The van der Waals surface area contributed by atoms with E-state index in [1.807, 2.05) is 84.6 Å². The van der Waals surface area contributed by atoms with Crippen molar-refractivity contribution in [2.24, 2.45) is 0 Å². The van der Waals surface area contributed by atoms with Crippen molar-refractivity contribution in [1.82, 2.24) is 4.98 Å². The lowest BCUT2D eigenvalue weighted by molar-refractivity contribution is 0.487. The van der Waals surface area contributed by atoms with E-state index in [2.05, 4.69) is 12.1 Å². The highest BCUT2D eigenvalue weighted by molar-refractivity contribution is 7.99. The third-order valence-corrected chi connectivity index (χ3v) is 6.46. The molecule has 0 aliphatic carbocycles. The van der Waals surface area contributed by atoms with Gasteiger partial charge in [-0.05, 0) is 47.9 Å². The van der Waals surface area contributed by atoms with Crippen LogP contribution in [0.3, 0.4) is 0 Å². The lowest BCUT2D eigenvalue weighted by Crippen LogP contribution is -1.96. The van der Waals surface area contributed by atoms with Crippen LogP contribution < -0.4 is 4.74 Å². The largest absolute Gasteiger partial charge is 0.455 e. The second kappa shape index (κ2) is 7.94. The predicted octanol–water partition coefficient (Wildman–Crippen LogP) is 7.50. The number of para-hydroxylation sites is 2. The molecule has 5 rings (SSSR count). The molecule has 4 heteroatoms. The van der Waals surface area contributed by atoms with Crippen LogP contribution in [0.25, 0.3) is 23.1 Å². The number of ether oxygens (including phenoxy) is 1. The van der Waals surface area contributed by atoms with Crippen LogP contribution in [-0.4, -0.2) is 10.7 Å². The molecule has 0 saturated heterocycles. The molecule has 0 fully saturated rings. The average Bonchev–Trinajstić information content (AvgIpc) is 3.25. The van der Waals surface area contributed by atoms with Gasteiger partial charge in [-0.15, -0.1) is 11.8 Å². The van der Waals surface area contributed by atoms with E-state index in [9.17, 15) is 0 Å². The molecule has 0 amide bonds. The maximum atomic E-state index is 6.32. The van der Waals surface area contributed by atoms with Gasteiger partial charge in [0.05, 0.1) is 5.69 Å². The van der Waals surface area contributed by atoms with E-state index in [1.165, 1.54) is 10.5 Å². The highest BCUT2D eigenvalue weighted by Crippen LogP contribution is 2.42. The van der Waals surface area contributed by atoms with Crippen molar-refractivity contribution in [2.75, 3.05) is 5.75 Å². The molecule has 0 bridgehead atoms. The van der Waals surface area contributed by atoms with Gasteiger partial charge in [0.25, 0.3) is 0 Å². The van der Waals surface area contributed by atoms with Crippen molar-refractivity contribution in [3.8, 4) is 11.5 Å². The fraction of sp³-hybridized carbons (Fsp3) is 0.0800. The predicted molar refractivity (Wildman–Crippen MR) is 123 cm³/mol. The van der Waals surface area contributed by atoms with E-state index in [4.69, 9.17) is 21.3 Å². The summed E-state index contributed by atoms with van der Waals surface area (Å²) in [6.45, 7) is 0. The number of benzene rings is 3. The molecular formula is C25H18ClNOS. The van der Waals surface area contributed by atoms with Gasteiger partial charge in [0.15, 0.2) is 5.75 Å². The van der Waals surface area contributed by atoms with Gasteiger partial charge < -0.3 is 4.74 Å². The van der Waals surface area contributed by atoms with Crippen molar-refractivity contribution in [2.45, 2.75) is 11.3 Å². The number of fused-ring (bicyclic) bond motifs is 3. The maximum absolute atomic E-state index is 6.32. The van der Waals surface area contributed by atoms with Crippen LogP contribution in [0.5, 0.6) is 11.5 Å². The zero-order chi connectivity index (χ0) is 19.6. The summed E-state index contributed by atoms with van der Waals surface area (Å²) in [5, 5.41) is 1.90. The van der Waals surface area contributed by atoms with Gasteiger partial charge in [-0.3, -0.25) is 0 Å². The van der Waals surface area contributed by atoms with Crippen molar-refractivity contribution in [1.29, 1.82) is 0 Å². The van der Waals surface area contributed by atoms with Crippen LogP contribution in [0.1, 0.15) is 16.8 Å². The standard InChI is InChI=1S/C25H18ClNOS/c26-21-11-5-4-7-17(21)13-14-22-19-15-16-29-25(19)20-10-6-12-23(24(20)27-22)28-18-8-2-1-3-9-18/h1-14H,15-16H2/b14-13+. The van der Waals surface area contributed by atoms with Crippen molar-refractivity contribution >= 4 is 46.4 Å². The molecule has 1 aliphatic rings. The molecule has 4 aromatic rings. The number of hydrogen-bond acceptors (Lipinski definition) is 3. The first kappa shape index (κ1) is 18.3. The summed E-state index contributed by atoms with van der Waals surface area (Å²) in [4.78, 5) is 6.33. The SMILES string of the molecule is Clc1ccccc1/C=C/c1nc2c(Oc3ccccc3)cccc2c2c1CCS2. The third kappa shape index (κ3) is 3.64. The first-order valence-corrected chi connectivity index (χ1v) is 10.9. The van der Waals surface area contributed by atoms with E-state index >= 15 is 0 Å². The van der Waals surface area contributed by atoms with Crippen LogP contribution in [0.15, 0.2) is 77.7 Å². The summed E-state index contributed by atoms with van der Waals surface area (Å²) < 4.78 is 6.17. The Balaban J connectivity index is 1.63. The second-order valence-corrected chi connectivity index (χ2v) is 8.34. The van der Waals surface area contributed by atoms with Gasteiger partial charge in [-0.1, -0.05) is 66.2 Å². The lowest BCUT2D eigenvalue weighted by Gasteiger charge is -2.12. The van der Waals surface area contributed by atoms with Gasteiger partial charge in [-0.2, -0.15) is 0 Å². The van der Waals surface area contributed by atoms with E-state index < -0.39 is 0 Å². The third-order valence-electron chi connectivity index (χ3n) is 4.95. The molecule has 2 heterocycles. The molecular weight excluding hydrogens is 398 g/mol. The molecule has 0 atom stereocenters. The zero-order valence-electron chi connectivity index (χ0n) is 15.6. The Hall–Kier alpha value is -2.75. The van der Waals surface area contributed by atoms with Crippen LogP contribution in [-0.2, 0) is 6.42 Å². The molecule has 29 heavy (non-hydrogen) atoms. The van der Waals surface area contributed by atoms with Crippen LogP contribution >= 0.6 is 23.4 Å². The second-order valence-electron chi connectivity index (χ2n) is 6.83. The Morgan fingerprint density at radius 2 is 1.72 bits per heavy atom. The Morgan fingerprint density at radius 3 is 2.59 bits per heavy atom. The van der Waals surface area contributed by atoms with Gasteiger partial charge >= 0.3 is 0 Å². The van der Waals surface area contributed by atoms with Gasteiger partial charge in [0, 0.05) is 21.1 Å². The molecule has 1 aromatic heterocycles. The monoisotopic (exact) mass is 415 g/mol. The highest BCUT2D eigenvalue weighted by atomic mass is 35.5. The number of aromatic nitrogens is 1. The van der Waals surface area contributed by atoms with Crippen molar-refractivity contribution in [3.63, 3.8) is 0 Å². The number of rotatable bonds is 4. The molecule has 1 aliphatic heterocycles. The van der Waals surface area contributed by atoms with E-state index in [0.29, 0.717) is 0 Å². The quantitative estimate of drug-likeness (QED) is 0.344. The molecule has 0 unspecified atom stereocenters. The Labute approximate surface area is 179 Å². The molecule has 0 saturated carbocycles. The number of pyridine rings is 1. The number of thioether (sulfide) groups is 1. The van der Waals surface area contributed by atoms with E-state index in [-0.39, 0.29) is 0 Å². The fourth-order valence-corrected chi connectivity index (χ4v) is 4.97. The Bertz CT molecular complexity index is 1220. The van der Waals surface area contributed by atoms with Crippen molar-refractivity contribution in [3.05, 3.63) is 94.6 Å². The summed E-state index contributed by atoms with van der Waals surface area (Å²) in [5.41, 5.74) is 4.18. The average molecular weight is 416 g/mol. The summed E-state index contributed by atoms with van der Waals surface area (Å²) in [5.74, 6) is 2.66. The number of halogens is 1. The van der Waals surface area contributed by atoms with E-state index in [1.54, 1.807) is 0 Å². The van der Waals surface area contributed by atoms with Gasteiger partial charge in [-0.25, -0.2) is 4.98 Å². The first-order valence-electron chi connectivity index (χ1n) is 9.53. The summed E-state index contributed by atoms with van der Waals surface area (Å²) in [6.07, 6.45) is 5.14. The Morgan fingerprint density at radius 1 is 0.897 bits per heavy atom. The highest BCUT2D eigenvalue weighted by Gasteiger charge is 2.21. The van der Waals surface area contributed by atoms with E-state index in [0.717, 1.165) is 50.9 Å². The van der Waals surface area contributed by atoms with Crippen LogP contribution in [0.4, 0.5) is 0 Å². The molecule has 0 radical (unpaired) electrons. The molecule has 142 valence electrons. The smallest absolute Gasteiger partial charge is 0.153 e. The molecule has 3 aromatic carbocycles. The molecule has 0 spiro atoms. The number of nitrogens with zero attached hydrogens (tertiary/aromatic N) is 1. The summed E-state index contributed by atoms with van der Waals surface area (Å²) in [7, 11) is 0. The van der Waals surface area contributed by atoms with Crippen molar-refractivity contribution < 1.29 is 4.74 Å². The first-order chi connectivity index (χ1) is 14.3. The normalized spacial score (nSPS) is 13.1. The minimum Gasteiger partial charge on any atom is -0.455 e. The lowest BCUT2D eigenvalue weighted by atomic mass is 10.1. The van der Waals surface area contributed by atoms with Crippen LogP contribution in [0.2, 0.25) is 5.02 Å².